The number of likely N-dealkylation sites (N-methyl/N-ethyl adjacent to an activating group) is 1. The lowest BCUT2D eigenvalue weighted by Crippen LogP contribution is -2.39. The highest BCUT2D eigenvalue weighted by molar-refractivity contribution is 5.85. The largest absolute Gasteiger partial charge is 0.342 e. The summed E-state index contributed by atoms with van der Waals surface area (Å²) in [4.78, 5) is 14.7. The predicted octanol–water partition coefficient (Wildman–Crippen LogP) is 3.06. The van der Waals surface area contributed by atoms with Crippen LogP contribution in [0.4, 0.5) is 0 Å². The standard InChI is InChI=1S/C19H28N2O.ClH/c1-14(15-7-9-20-10-8-15)11-19(22)21(2)18-12-16-5-3-4-6-17(16)13-18;/h3-6,14-15,18,20H,7-13H2,1-2H3;1H. The van der Waals surface area contributed by atoms with Crippen LogP contribution < -0.4 is 5.32 Å². The molecular formula is C19H29ClN2O. The van der Waals surface area contributed by atoms with Crippen molar-refractivity contribution in [1.82, 2.24) is 10.2 Å². The summed E-state index contributed by atoms with van der Waals surface area (Å²) in [6.45, 7) is 4.47. The Labute approximate surface area is 146 Å². The number of nitrogens with one attached hydrogen (secondary N) is 1. The van der Waals surface area contributed by atoms with Crippen molar-refractivity contribution < 1.29 is 4.79 Å². The first-order valence-electron chi connectivity index (χ1n) is 8.68. The van der Waals surface area contributed by atoms with Gasteiger partial charge in [0.15, 0.2) is 0 Å². The van der Waals surface area contributed by atoms with Crippen molar-refractivity contribution in [2.24, 2.45) is 11.8 Å². The first-order valence-corrected chi connectivity index (χ1v) is 8.68. The summed E-state index contributed by atoms with van der Waals surface area (Å²) >= 11 is 0. The van der Waals surface area contributed by atoms with E-state index in [4.69, 9.17) is 0 Å². The van der Waals surface area contributed by atoms with E-state index in [1.165, 1.54) is 24.0 Å². The molecule has 0 spiro atoms. The van der Waals surface area contributed by atoms with Crippen LogP contribution in [0, 0.1) is 11.8 Å². The van der Waals surface area contributed by atoms with E-state index in [1.807, 2.05) is 11.9 Å². The molecule has 0 radical (unpaired) electrons. The summed E-state index contributed by atoms with van der Waals surface area (Å²) in [7, 11) is 1.99. The van der Waals surface area contributed by atoms with Crippen molar-refractivity contribution in [3.63, 3.8) is 0 Å². The zero-order valence-corrected chi connectivity index (χ0v) is 15.1. The molecular weight excluding hydrogens is 308 g/mol. The van der Waals surface area contributed by atoms with Gasteiger partial charge in [-0.2, -0.15) is 0 Å². The Hall–Kier alpha value is -1.06. The maximum absolute atomic E-state index is 12.6. The monoisotopic (exact) mass is 336 g/mol. The fraction of sp³-hybridized carbons (Fsp3) is 0.632. The minimum atomic E-state index is 0. The van der Waals surface area contributed by atoms with Crippen LogP contribution in [-0.2, 0) is 17.6 Å². The fourth-order valence-corrected chi connectivity index (χ4v) is 4.01. The lowest BCUT2D eigenvalue weighted by Gasteiger charge is -2.30. The van der Waals surface area contributed by atoms with Gasteiger partial charge < -0.3 is 10.2 Å². The number of piperidine rings is 1. The van der Waals surface area contributed by atoms with Gasteiger partial charge in [0.05, 0.1) is 0 Å². The van der Waals surface area contributed by atoms with Crippen molar-refractivity contribution in [3.8, 4) is 0 Å². The van der Waals surface area contributed by atoms with Gasteiger partial charge in [-0.1, -0.05) is 31.2 Å². The molecule has 1 N–H and O–H groups in total. The first kappa shape index (κ1) is 18.3. The van der Waals surface area contributed by atoms with Crippen molar-refractivity contribution in [3.05, 3.63) is 35.4 Å². The van der Waals surface area contributed by atoms with Gasteiger partial charge in [-0.25, -0.2) is 0 Å². The van der Waals surface area contributed by atoms with Crippen molar-refractivity contribution in [1.29, 1.82) is 0 Å². The van der Waals surface area contributed by atoms with Crippen LogP contribution in [0.5, 0.6) is 0 Å². The van der Waals surface area contributed by atoms with E-state index >= 15 is 0 Å². The summed E-state index contributed by atoms with van der Waals surface area (Å²) in [5.41, 5.74) is 2.83. The van der Waals surface area contributed by atoms with Crippen LogP contribution in [0.3, 0.4) is 0 Å². The van der Waals surface area contributed by atoms with Crippen LogP contribution in [-0.4, -0.2) is 37.0 Å². The summed E-state index contributed by atoms with van der Waals surface area (Å²) in [6.07, 6.45) is 5.16. The lowest BCUT2D eigenvalue weighted by molar-refractivity contribution is -0.133. The molecule has 3 nitrogen and oxygen atoms in total. The molecule has 1 amide bonds. The third kappa shape index (κ3) is 4.27. The molecule has 1 fully saturated rings. The second-order valence-electron chi connectivity index (χ2n) is 7.10. The summed E-state index contributed by atoms with van der Waals surface area (Å²) < 4.78 is 0. The highest BCUT2D eigenvalue weighted by Gasteiger charge is 2.29. The summed E-state index contributed by atoms with van der Waals surface area (Å²) in [6, 6.07) is 8.95. The van der Waals surface area contributed by atoms with Gasteiger partial charge in [-0.15, -0.1) is 12.4 Å². The average Bonchev–Trinajstić information content (AvgIpc) is 2.98. The summed E-state index contributed by atoms with van der Waals surface area (Å²) in [5.74, 6) is 1.53. The van der Waals surface area contributed by atoms with E-state index in [1.54, 1.807) is 0 Å². The Morgan fingerprint density at radius 3 is 2.35 bits per heavy atom. The van der Waals surface area contributed by atoms with Gasteiger partial charge in [-0.3, -0.25) is 4.79 Å². The molecule has 1 aromatic carbocycles. The van der Waals surface area contributed by atoms with Crippen molar-refractivity contribution in [2.75, 3.05) is 20.1 Å². The van der Waals surface area contributed by atoms with Gasteiger partial charge in [0, 0.05) is 19.5 Å². The molecule has 1 saturated heterocycles. The smallest absolute Gasteiger partial charge is 0.222 e. The molecule has 1 heterocycles. The fourth-order valence-electron chi connectivity index (χ4n) is 4.01. The normalized spacial score (nSPS) is 19.7. The van der Waals surface area contributed by atoms with E-state index in [0.29, 0.717) is 30.2 Å². The highest BCUT2D eigenvalue weighted by Crippen LogP contribution is 2.28. The van der Waals surface area contributed by atoms with Crippen LogP contribution in [0.2, 0.25) is 0 Å². The van der Waals surface area contributed by atoms with Gasteiger partial charge in [-0.05, 0) is 61.7 Å². The van der Waals surface area contributed by atoms with Crippen LogP contribution >= 0.6 is 12.4 Å². The SMILES string of the molecule is CC(CC(=O)N(C)C1Cc2ccccc2C1)C1CCNCC1.Cl. The average molecular weight is 337 g/mol. The third-order valence-corrected chi connectivity index (χ3v) is 5.66. The molecule has 4 heteroatoms. The molecule has 3 rings (SSSR count). The van der Waals surface area contributed by atoms with Gasteiger partial charge >= 0.3 is 0 Å². The third-order valence-electron chi connectivity index (χ3n) is 5.66. The molecule has 128 valence electrons. The number of fused-ring (bicyclic) bond motifs is 1. The topological polar surface area (TPSA) is 32.3 Å². The zero-order valence-electron chi connectivity index (χ0n) is 14.3. The van der Waals surface area contributed by atoms with Crippen molar-refractivity contribution >= 4 is 18.3 Å². The quantitative estimate of drug-likeness (QED) is 0.916. The molecule has 1 aromatic rings. The Bertz CT molecular complexity index is 503. The number of hydrogen-bond donors (Lipinski definition) is 1. The maximum Gasteiger partial charge on any atom is 0.222 e. The Morgan fingerprint density at radius 1 is 1.22 bits per heavy atom. The number of nitrogens with zero attached hydrogens (tertiary/aromatic N) is 1. The predicted molar refractivity (Wildman–Crippen MR) is 97.0 cm³/mol. The van der Waals surface area contributed by atoms with Gasteiger partial charge in [0.1, 0.15) is 0 Å². The van der Waals surface area contributed by atoms with Crippen LogP contribution in [0.1, 0.15) is 37.3 Å². The molecule has 1 aliphatic carbocycles. The Balaban J connectivity index is 0.00000192. The molecule has 23 heavy (non-hydrogen) atoms. The number of amides is 1. The maximum atomic E-state index is 12.6. The number of benzene rings is 1. The van der Waals surface area contributed by atoms with Crippen LogP contribution in [0.25, 0.3) is 0 Å². The van der Waals surface area contributed by atoms with E-state index in [0.717, 1.165) is 25.9 Å². The molecule has 0 saturated carbocycles. The van der Waals surface area contributed by atoms with Gasteiger partial charge in [0.2, 0.25) is 5.91 Å². The number of rotatable bonds is 4. The van der Waals surface area contributed by atoms with Crippen LogP contribution in [0.15, 0.2) is 24.3 Å². The van der Waals surface area contributed by atoms with Gasteiger partial charge in [0.25, 0.3) is 0 Å². The number of carbonyl (C=O) groups is 1. The zero-order chi connectivity index (χ0) is 15.5. The molecule has 0 aromatic heterocycles. The van der Waals surface area contributed by atoms with E-state index in [2.05, 4.69) is 36.5 Å². The minimum Gasteiger partial charge on any atom is -0.342 e. The Kier molecular flexibility index (Phi) is 6.49. The second kappa shape index (κ2) is 8.16. The summed E-state index contributed by atoms with van der Waals surface area (Å²) in [5, 5.41) is 3.41. The molecule has 1 unspecified atom stereocenters. The lowest BCUT2D eigenvalue weighted by atomic mass is 9.84. The van der Waals surface area contributed by atoms with E-state index in [-0.39, 0.29) is 12.4 Å². The van der Waals surface area contributed by atoms with E-state index in [9.17, 15) is 4.79 Å². The Morgan fingerprint density at radius 2 is 1.78 bits per heavy atom. The number of carbonyl (C=O) groups excluding carboxylic acids is 1. The number of halogens is 1. The number of hydrogen-bond acceptors (Lipinski definition) is 2. The van der Waals surface area contributed by atoms with Crippen molar-refractivity contribution in [2.45, 2.75) is 45.1 Å². The molecule has 1 atom stereocenters. The molecule has 0 bridgehead atoms. The molecule has 1 aliphatic heterocycles. The molecule has 2 aliphatic rings. The second-order valence-corrected chi connectivity index (χ2v) is 7.10. The van der Waals surface area contributed by atoms with E-state index < -0.39 is 0 Å². The highest BCUT2D eigenvalue weighted by atomic mass is 35.5. The minimum absolute atomic E-state index is 0. The first-order chi connectivity index (χ1) is 10.6.